The molecule has 2 aromatic rings. The van der Waals surface area contributed by atoms with Crippen molar-refractivity contribution in [3.05, 3.63) is 64.7 Å². The summed E-state index contributed by atoms with van der Waals surface area (Å²) in [5.74, 6) is 1.42. The average molecular weight is 463 g/mol. The van der Waals surface area contributed by atoms with Gasteiger partial charge in [0.25, 0.3) is 0 Å². The zero-order chi connectivity index (χ0) is 24.3. The number of benzene rings is 2. The summed E-state index contributed by atoms with van der Waals surface area (Å²) in [6.45, 7) is 9.57. The Labute approximate surface area is 206 Å². The first kappa shape index (κ1) is 24.8. The van der Waals surface area contributed by atoms with Crippen molar-refractivity contribution in [2.75, 3.05) is 7.11 Å². The Hall–Kier alpha value is -2.33. The molecule has 0 radical (unpaired) electrons. The summed E-state index contributed by atoms with van der Waals surface area (Å²) in [6.07, 6.45) is 7.69. The second kappa shape index (κ2) is 10.5. The third kappa shape index (κ3) is 5.33. The predicted molar refractivity (Wildman–Crippen MR) is 139 cm³/mol. The van der Waals surface area contributed by atoms with E-state index in [1.54, 1.807) is 7.11 Å². The van der Waals surface area contributed by atoms with Crippen molar-refractivity contribution in [3.63, 3.8) is 0 Å². The van der Waals surface area contributed by atoms with Crippen molar-refractivity contribution < 1.29 is 9.53 Å². The minimum absolute atomic E-state index is 0.0435. The first-order chi connectivity index (χ1) is 16.3. The number of amides is 1. The Morgan fingerprint density at radius 2 is 1.76 bits per heavy atom. The van der Waals surface area contributed by atoms with Crippen LogP contribution in [0.3, 0.4) is 0 Å². The van der Waals surface area contributed by atoms with Crippen molar-refractivity contribution in [1.82, 2.24) is 10.2 Å². The van der Waals surface area contributed by atoms with Crippen LogP contribution >= 0.6 is 0 Å². The molecular weight excluding hydrogens is 420 g/mol. The molecule has 1 N–H and O–H groups in total. The molecule has 0 aromatic heterocycles. The summed E-state index contributed by atoms with van der Waals surface area (Å²) >= 11 is 0. The van der Waals surface area contributed by atoms with E-state index in [1.165, 1.54) is 36.0 Å². The first-order valence-corrected chi connectivity index (χ1v) is 13.1. The van der Waals surface area contributed by atoms with Crippen LogP contribution in [0.1, 0.15) is 94.0 Å². The summed E-state index contributed by atoms with van der Waals surface area (Å²) in [6, 6.07) is 15.2. The molecule has 0 bridgehead atoms. The van der Waals surface area contributed by atoms with Gasteiger partial charge < -0.3 is 9.64 Å². The minimum atomic E-state index is 0.0435. The highest BCUT2D eigenvalue weighted by molar-refractivity contribution is 5.80. The maximum atomic E-state index is 13.9. The van der Waals surface area contributed by atoms with Crippen molar-refractivity contribution >= 4 is 5.91 Å². The molecule has 1 aliphatic carbocycles. The standard InChI is InChI=1S/C30H42N2O2/c1-21-11-9-10-14-25(21)26-16-18-28(32(26)29(33)22-12-7-6-8-13-22)31-20-23-19-24(30(2,3)4)15-17-27(23)34-5/h9-11,14-15,17,19,22,26,28,31H,6-8,12-13,16,18,20H2,1-5H3. The van der Waals surface area contributed by atoms with E-state index in [9.17, 15) is 4.79 Å². The molecular formula is C30H42N2O2. The molecule has 34 heavy (non-hydrogen) atoms. The van der Waals surface area contributed by atoms with E-state index < -0.39 is 0 Å². The lowest BCUT2D eigenvalue weighted by Gasteiger charge is -2.36. The number of carbonyl (C=O) groups excluding carboxylic acids is 1. The van der Waals surface area contributed by atoms with Gasteiger partial charge in [0, 0.05) is 18.0 Å². The highest BCUT2D eigenvalue weighted by atomic mass is 16.5. The largest absolute Gasteiger partial charge is 0.496 e. The molecule has 2 fully saturated rings. The van der Waals surface area contributed by atoms with Crippen LogP contribution in [-0.4, -0.2) is 24.1 Å². The van der Waals surface area contributed by atoms with Gasteiger partial charge in [-0.3, -0.25) is 10.1 Å². The quantitative estimate of drug-likeness (QED) is 0.522. The van der Waals surface area contributed by atoms with E-state index in [2.05, 4.69) is 80.4 Å². The van der Waals surface area contributed by atoms with Gasteiger partial charge in [-0.15, -0.1) is 0 Å². The number of likely N-dealkylation sites (tertiary alicyclic amines) is 1. The Morgan fingerprint density at radius 1 is 1.03 bits per heavy atom. The van der Waals surface area contributed by atoms with Gasteiger partial charge in [-0.25, -0.2) is 0 Å². The van der Waals surface area contributed by atoms with Gasteiger partial charge in [0.15, 0.2) is 0 Å². The summed E-state index contributed by atoms with van der Waals surface area (Å²) in [5, 5.41) is 3.77. The number of aryl methyl sites for hydroxylation is 1. The van der Waals surface area contributed by atoms with Crippen LogP contribution in [0.15, 0.2) is 42.5 Å². The molecule has 2 aromatic carbocycles. The van der Waals surface area contributed by atoms with E-state index in [4.69, 9.17) is 4.74 Å². The molecule has 2 aliphatic rings. The number of methoxy groups -OCH3 is 1. The number of nitrogens with zero attached hydrogens (tertiary/aromatic N) is 1. The smallest absolute Gasteiger partial charge is 0.227 e. The average Bonchev–Trinajstić information content (AvgIpc) is 3.26. The molecule has 2 unspecified atom stereocenters. The number of carbonyl (C=O) groups is 1. The predicted octanol–water partition coefficient (Wildman–Crippen LogP) is 6.66. The Morgan fingerprint density at radius 3 is 2.44 bits per heavy atom. The summed E-state index contributed by atoms with van der Waals surface area (Å²) < 4.78 is 5.68. The van der Waals surface area contributed by atoms with Crippen LogP contribution in [0.5, 0.6) is 5.75 Å². The molecule has 4 nitrogen and oxygen atoms in total. The zero-order valence-corrected chi connectivity index (χ0v) is 21.7. The second-order valence-corrected chi connectivity index (χ2v) is 11.2. The van der Waals surface area contributed by atoms with E-state index >= 15 is 0 Å². The third-order valence-electron chi connectivity index (χ3n) is 7.82. The Balaban J connectivity index is 1.59. The normalized spacial score (nSPS) is 21.6. The van der Waals surface area contributed by atoms with Gasteiger partial charge in [-0.2, -0.15) is 0 Å². The zero-order valence-electron chi connectivity index (χ0n) is 21.7. The molecule has 1 heterocycles. The number of nitrogens with one attached hydrogen (secondary N) is 1. The molecule has 4 rings (SSSR count). The van der Waals surface area contributed by atoms with Gasteiger partial charge in [-0.05, 0) is 60.8 Å². The van der Waals surface area contributed by atoms with Crippen molar-refractivity contribution in [3.8, 4) is 5.75 Å². The maximum absolute atomic E-state index is 13.9. The van der Waals surface area contributed by atoms with Gasteiger partial charge in [0.2, 0.25) is 5.91 Å². The fraction of sp³-hybridized carbons (Fsp3) is 0.567. The first-order valence-electron chi connectivity index (χ1n) is 13.1. The summed E-state index contributed by atoms with van der Waals surface area (Å²) in [4.78, 5) is 16.1. The lowest BCUT2D eigenvalue weighted by molar-refractivity contribution is -0.140. The van der Waals surface area contributed by atoms with Crippen LogP contribution in [0, 0.1) is 12.8 Å². The van der Waals surface area contributed by atoms with Crippen LogP contribution in [0.25, 0.3) is 0 Å². The fourth-order valence-corrected chi connectivity index (χ4v) is 5.76. The molecule has 184 valence electrons. The molecule has 2 atom stereocenters. The minimum Gasteiger partial charge on any atom is -0.496 e. The Bertz CT molecular complexity index is 988. The van der Waals surface area contributed by atoms with Gasteiger partial charge in [-0.1, -0.05) is 76.4 Å². The molecule has 1 saturated carbocycles. The van der Waals surface area contributed by atoms with E-state index in [0.29, 0.717) is 12.5 Å². The van der Waals surface area contributed by atoms with Gasteiger partial charge in [0.1, 0.15) is 5.75 Å². The van der Waals surface area contributed by atoms with Crippen LogP contribution in [-0.2, 0) is 16.8 Å². The summed E-state index contributed by atoms with van der Waals surface area (Å²) in [5.41, 5.74) is 5.09. The topological polar surface area (TPSA) is 41.6 Å². The molecule has 0 spiro atoms. The Kier molecular flexibility index (Phi) is 7.67. The highest BCUT2D eigenvalue weighted by Gasteiger charge is 2.40. The van der Waals surface area contributed by atoms with E-state index in [0.717, 1.165) is 37.0 Å². The number of rotatable bonds is 6. The number of hydrogen-bond donors (Lipinski definition) is 1. The van der Waals surface area contributed by atoms with E-state index in [1.807, 2.05) is 0 Å². The SMILES string of the molecule is COc1ccc(C(C)(C)C)cc1CNC1CCC(c2ccccc2C)N1C(=O)C1CCCCC1. The van der Waals surface area contributed by atoms with Crippen LogP contribution in [0.2, 0.25) is 0 Å². The van der Waals surface area contributed by atoms with Crippen LogP contribution < -0.4 is 10.1 Å². The second-order valence-electron chi connectivity index (χ2n) is 11.2. The van der Waals surface area contributed by atoms with Crippen molar-refractivity contribution in [2.45, 2.75) is 96.8 Å². The molecule has 4 heteroatoms. The highest BCUT2D eigenvalue weighted by Crippen LogP contribution is 2.40. The molecule has 1 aliphatic heterocycles. The van der Waals surface area contributed by atoms with E-state index in [-0.39, 0.29) is 23.5 Å². The summed E-state index contributed by atoms with van der Waals surface area (Å²) in [7, 11) is 1.73. The van der Waals surface area contributed by atoms with Gasteiger partial charge in [0.05, 0.1) is 19.3 Å². The van der Waals surface area contributed by atoms with Crippen molar-refractivity contribution in [2.24, 2.45) is 5.92 Å². The number of hydrogen-bond acceptors (Lipinski definition) is 3. The number of ether oxygens (including phenoxy) is 1. The van der Waals surface area contributed by atoms with Gasteiger partial charge >= 0.3 is 0 Å². The maximum Gasteiger partial charge on any atom is 0.227 e. The lowest BCUT2D eigenvalue weighted by atomic mass is 9.86. The monoisotopic (exact) mass is 462 g/mol. The van der Waals surface area contributed by atoms with Crippen molar-refractivity contribution in [1.29, 1.82) is 0 Å². The molecule has 1 saturated heterocycles. The third-order valence-corrected chi connectivity index (χ3v) is 7.82. The van der Waals surface area contributed by atoms with Crippen LogP contribution in [0.4, 0.5) is 0 Å². The fourth-order valence-electron chi connectivity index (χ4n) is 5.76. The molecule has 1 amide bonds. The lowest BCUT2D eigenvalue weighted by Crippen LogP contribution is -2.48.